The topological polar surface area (TPSA) is 167 Å². The largest absolute Gasteiger partial charge is 0.416 e. The molecule has 16 heteroatoms. The minimum Gasteiger partial charge on any atom is -0.342 e. The molecule has 0 aliphatic carbocycles. The van der Waals surface area contributed by atoms with Gasteiger partial charge in [-0.05, 0) is 36.4 Å². The molecule has 12 nitrogen and oxygen atoms in total. The number of amides is 3. The van der Waals surface area contributed by atoms with Gasteiger partial charge in [0.15, 0.2) is 21.5 Å². The Morgan fingerprint density at radius 1 is 1.17 bits per heavy atom. The Labute approximate surface area is 230 Å². The van der Waals surface area contributed by atoms with Crippen molar-refractivity contribution >= 4 is 33.4 Å². The number of benzene rings is 1. The molecule has 0 radical (unpaired) electrons. The highest BCUT2D eigenvalue weighted by molar-refractivity contribution is 7.91. The Kier molecular flexibility index (Phi) is 6.57. The van der Waals surface area contributed by atoms with Gasteiger partial charge in [-0.3, -0.25) is 14.4 Å². The monoisotopic (exact) mass is 587 g/mol. The van der Waals surface area contributed by atoms with Gasteiger partial charge in [-0.25, -0.2) is 13.4 Å². The van der Waals surface area contributed by atoms with E-state index in [9.17, 15) is 36.0 Å². The van der Waals surface area contributed by atoms with Crippen LogP contribution in [0.4, 0.5) is 19.0 Å². The van der Waals surface area contributed by atoms with E-state index in [0.717, 1.165) is 35.2 Å². The van der Waals surface area contributed by atoms with E-state index in [1.54, 1.807) is 0 Å². The standard InChI is InChI=1S/C25H20F3N7O5S/c1-41(39,40)11-19(36)31-21-20-17(33-35(21)18-7-2-14(9-29)10-30-18)8-24(32-22(20)37)12-34(13-24)23(38)15-3-5-16(6-4-15)25(26,27)28/h2-7,10H,8,11-13H2,1H3,(H,31,36)(H,32,37). The molecule has 212 valence electrons. The minimum absolute atomic E-state index is 0.0175. The Bertz CT molecular complexity index is 1720. The Balaban J connectivity index is 1.41. The maximum atomic E-state index is 13.3. The Hall–Kier alpha value is -4.78. The molecule has 1 spiro atoms. The van der Waals surface area contributed by atoms with Crippen molar-refractivity contribution in [3.8, 4) is 11.9 Å². The lowest BCUT2D eigenvalue weighted by Gasteiger charge is -2.51. The lowest BCUT2D eigenvalue weighted by Crippen LogP contribution is -2.73. The number of hydrogen-bond donors (Lipinski definition) is 2. The second-order valence-corrected chi connectivity index (χ2v) is 12.0. The summed E-state index contributed by atoms with van der Waals surface area (Å²) in [5.74, 6) is -2.87. The fraction of sp³-hybridized carbons (Fsp3) is 0.280. The Morgan fingerprint density at radius 3 is 2.41 bits per heavy atom. The molecule has 2 aromatic heterocycles. The molecule has 2 aliphatic rings. The molecule has 0 saturated carbocycles. The van der Waals surface area contributed by atoms with Crippen molar-refractivity contribution in [2.24, 2.45) is 0 Å². The van der Waals surface area contributed by atoms with Crippen molar-refractivity contribution in [1.29, 1.82) is 5.26 Å². The molecule has 2 N–H and O–H groups in total. The summed E-state index contributed by atoms with van der Waals surface area (Å²) in [6.07, 6.45) is -2.27. The second-order valence-electron chi connectivity index (χ2n) is 9.86. The van der Waals surface area contributed by atoms with E-state index in [1.165, 1.54) is 23.2 Å². The predicted octanol–water partition coefficient (Wildman–Crippen LogP) is 1.32. The third-order valence-corrected chi connectivity index (χ3v) is 7.33. The highest BCUT2D eigenvalue weighted by atomic mass is 32.2. The molecule has 3 aromatic rings. The van der Waals surface area contributed by atoms with Crippen LogP contribution in [0.2, 0.25) is 0 Å². The van der Waals surface area contributed by atoms with Crippen molar-refractivity contribution < 1.29 is 36.0 Å². The number of aromatic nitrogens is 3. The molecule has 1 saturated heterocycles. The van der Waals surface area contributed by atoms with Crippen LogP contribution in [0.25, 0.3) is 5.82 Å². The van der Waals surface area contributed by atoms with Gasteiger partial charge >= 0.3 is 6.18 Å². The summed E-state index contributed by atoms with van der Waals surface area (Å²) < 4.78 is 63.0. The van der Waals surface area contributed by atoms with Crippen molar-refractivity contribution in [2.75, 3.05) is 30.4 Å². The van der Waals surface area contributed by atoms with Gasteiger partial charge in [0.1, 0.15) is 17.4 Å². The number of anilines is 1. The number of nitrogens with zero attached hydrogens (tertiary/aromatic N) is 5. The van der Waals surface area contributed by atoms with Gasteiger partial charge in [0.2, 0.25) is 5.91 Å². The number of alkyl halides is 3. The number of sulfone groups is 1. The number of pyridine rings is 1. The van der Waals surface area contributed by atoms with Crippen molar-refractivity contribution in [3.05, 3.63) is 70.5 Å². The van der Waals surface area contributed by atoms with Crippen LogP contribution < -0.4 is 10.6 Å². The maximum absolute atomic E-state index is 13.3. The first-order valence-electron chi connectivity index (χ1n) is 11.9. The molecule has 3 amide bonds. The van der Waals surface area contributed by atoms with E-state index in [2.05, 4.69) is 20.7 Å². The van der Waals surface area contributed by atoms with Crippen molar-refractivity contribution in [3.63, 3.8) is 0 Å². The van der Waals surface area contributed by atoms with Crippen molar-refractivity contribution in [1.82, 2.24) is 25.0 Å². The van der Waals surface area contributed by atoms with Crippen LogP contribution in [0, 0.1) is 11.3 Å². The molecular weight excluding hydrogens is 567 g/mol. The van der Waals surface area contributed by atoms with E-state index in [4.69, 9.17) is 5.26 Å². The number of nitriles is 1. The van der Waals surface area contributed by atoms with E-state index < -0.39 is 50.6 Å². The zero-order valence-electron chi connectivity index (χ0n) is 21.2. The number of nitrogens with one attached hydrogen (secondary N) is 2. The summed E-state index contributed by atoms with van der Waals surface area (Å²) in [5, 5.41) is 18.8. The fourth-order valence-corrected chi connectivity index (χ4v) is 5.31. The number of hydrogen-bond acceptors (Lipinski definition) is 8. The highest BCUT2D eigenvalue weighted by Crippen LogP contribution is 2.36. The average Bonchev–Trinajstić information content (AvgIpc) is 3.23. The predicted molar refractivity (Wildman–Crippen MR) is 136 cm³/mol. The van der Waals surface area contributed by atoms with Gasteiger partial charge in [-0.1, -0.05) is 0 Å². The van der Waals surface area contributed by atoms with Gasteiger partial charge in [-0.15, -0.1) is 0 Å². The van der Waals surface area contributed by atoms with E-state index in [1.807, 2.05) is 6.07 Å². The first kappa shape index (κ1) is 27.8. The molecule has 5 rings (SSSR count). The second kappa shape index (κ2) is 9.70. The maximum Gasteiger partial charge on any atom is 0.416 e. The molecule has 1 aromatic carbocycles. The summed E-state index contributed by atoms with van der Waals surface area (Å²) in [7, 11) is -3.70. The van der Waals surface area contributed by atoms with Crippen LogP contribution >= 0.6 is 0 Å². The zero-order valence-corrected chi connectivity index (χ0v) is 22.0. The van der Waals surface area contributed by atoms with Gasteiger partial charge in [-0.2, -0.15) is 28.2 Å². The fourth-order valence-electron chi connectivity index (χ4n) is 4.76. The summed E-state index contributed by atoms with van der Waals surface area (Å²) in [6, 6.07) is 8.62. The first-order valence-corrected chi connectivity index (χ1v) is 14.0. The minimum atomic E-state index is -4.54. The molecule has 0 bridgehead atoms. The van der Waals surface area contributed by atoms with Gasteiger partial charge in [0, 0.05) is 37.5 Å². The van der Waals surface area contributed by atoms with Gasteiger partial charge < -0.3 is 15.5 Å². The first-order chi connectivity index (χ1) is 19.2. The quantitative estimate of drug-likeness (QED) is 0.451. The van der Waals surface area contributed by atoms with Crippen LogP contribution in [0.15, 0.2) is 42.6 Å². The zero-order chi connectivity index (χ0) is 29.7. The van der Waals surface area contributed by atoms with E-state index >= 15 is 0 Å². The molecule has 0 atom stereocenters. The number of carbonyl (C=O) groups is 3. The summed E-state index contributed by atoms with van der Waals surface area (Å²) >= 11 is 0. The third kappa shape index (κ3) is 5.48. The third-order valence-electron chi connectivity index (χ3n) is 6.55. The molecule has 4 heterocycles. The highest BCUT2D eigenvalue weighted by Gasteiger charge is 2.51. The number of rotatable bonds is 5. The summed E-state index contributed by atoms with van der Waals surface area (Å²) in [4.78, 5) is 44.2. The number of likely N-dealkylation sites (tertiary alicyclic amines) is 1. The number of fused-ring (bicyclic) bond motifs is 1. The van der Waals surface area contributed by atoms with Crippen LogP contribution in [0.3, 0.4) is 0 Å². The smallest absolute Gasteiger partial charge is 0.342 e. The summed E-state index contributed by atoms with van der Waals surface area (Å²) in [6.45, 7) is 0.103. The van der Waals surface area contributed by atoms with E-state index in [0.29, 0.717) is 0 Å². The van der Waals surface area contributed by atoms with Gasteiger partial charge in [0.25, 0.3) is 11.8 Å². The van der Waals surface area contributed by atoms with Crippen molar-refractivity contribution in [2.45, 2.75) is 18.1 Å². The van der Waals surface area contributed by atoms with Crippen LogP contribution in [-0.4, -0.2) is 76.4 Å². The SMILES string of the molecule is CS(=O)(=O)CC(=O)Nc1c2c(nn1-c1ccc(C#N)cn1)CC1(CN(C(=O)c3ccc(C(F)(F)F)cc3)C1)NC2=O. The molecule has 1 fully saturated rings. The Morgan fingerprint density at radius 2 is 1.85 bits per heavy atom. The number of halogens is 3. The lowest BCUT2D eigenvalue weighted by molar-refractivity contribution is -0.137. The molecule has 0 unspecified atom stereocenters. The van der Waals surface area contributed by atoms with E-state index in [-0.39, 0.29) is 53.5 Å². The normalized spacial score (nSPS) is 15.9. The summed E-state index contributed by atoms with van der Waals surface area (Å²) in [5.41, 5.74) is -1.27. The van der Waals surface area contributed by atoms with Crippen LogP contribution in [0.1, 0.15) is 37.5 Å². The molecular formula is C25H20F3N7O5S. The average molecular weight is 588 g/mol. The van der Waals surface area contributed by atoms with Crippen LogP contribution in [-0.2, 0) is 27.2 Å². The van der Waals surface area contributed by atoms with Gasteiger partial charge in [0.05, 0.1) is 22.4 Å². The number of carbonyl (C=O) groups excluding carboxylic acids is 3. The lowest BCUT2D eigenvalue weighted by atomic mass is 9.80. The molecule has 41 heavy (non-hydrogen) atoms. The van der Waals surface area contributed by atoms with Crippen LogP contribution in [0.5, 0.6) is 0 Å². The molecule has 2 aliphatic heterocycles.